The number of rotatable bonds is 9. The number of fused-ring (bicyclic) bond motifs is 1. The molecule has 0 aliphatic rings. The molecule has 33 heavy (non-hydrogen) atoms. The molecule has 0 saturated heterocycles. The van der Waals surface area contributed by atoms with Gasteiger partial charge in [-0.2, -0.15) is 5.10 Å². The van der Waals surface area contributed by atoms with Crippen molar-refractivity contribution in [2.24, 2.45) is 4.99 Å². The first-order valence-electron chi connectivity index (χ1n) is 10.9. The lowest BCUT2D eigenvalue weighted by Gasteiger charge is -2.10. The van der Waals surface area contributed by atoms with Crippen LogP contribution in [0.2, 0.25) is 0 Å². The standard InChI is InChI=1S/C25H26N8/c1-17(2)19-12-25(33-30-16-19)32-24-4-3-22-23(31-24)11-20(15-29-22)21(13-26)14-28-10-7-18-5-8-27-9-6-18/h3-6,8-9,11-17,21,26H,7,10H2,1-2H3,(H,31,32,33). The Morgan fingerprint density at radius 2 is 1.85 bits per heavy atom. The van der Waals surface area contributed by atoms with Crippen molar-refractivity contribution in [1.29, 1.82) is 5.41 Å². The van der Waals surface area contributed by atoms with Crippen molar-refractivity contribution >= 4 is 35.1 Å². The average molecular weight is 439 g/mol. The van der Waals surface area contributed by atoms with E-state index in [4.69, 9.17) is 10.4 Å². The van der Waals surface area contributed by atoms with Gasteiger partial charge in [-0.1, -0.05) is 13.8 Å². The second-order valence-corrected chi connectivity index (χ2v) is 8.01. The molecule has 0 spiro atoms. The summed E-state index contributed by atoms with van der Waals surface area (Å²) < 4.78 is 0. The Bertz CT molecular complexity index is 1250. The highest BCUT2D eigenvalue weighted by molar-refractivity contribution is 5.90. The van der Waals surface area contributed by atoms with Crippen LogP contribution >= 0.6 is 0 Å². The Morgan fingerprint density at radius 3 is 2.64 bits per heavy atom. The van der Waals surface area contributed by atoms with Gasteiger partial charge < -0.3 is 10.7 Å². The number of pyridine rings is 3. The van der Waals surface area contributed by atoms with Gasteiger partial charge in [-0.3, -0.25) is 15.0 Å². The SMILES string of the molecule is CC(C)c1cnnc(Nc2ccc3ncc(C(C=N)C=NCCc4ccncc4)cc3n2)c1. The first-order valence-corrected chi connectivity index (χ1v) is 10.9. The van der Waals surface area contributed by atoms with Gasteiger partial charge >= 0.3 is 0 Å². The van der Waals surface area contributed by atoms with E-state index >= 15 is 0 Å². The largest absolute Gasteiger partial charge is 0.323 e. The van der Waals surface area contributed by atoms with Crippen LogP contribution in [0.5, 0.6) is 0 Å². The van der Waals surface area contributed by atoms with Crippen molar-refractivity contribution in [2.75, 3.05) is 11.9 Å². The summed E-state index contributed by atoms with van der Waals surface area (Å²) in [5.74, 6) is 1.41. The van der Waals surface area contributed by atoms with Crippen molar-refractivity contribution in [3.05, 3.63) is 77.9 Å². The van der Waals surface area contributed by atoms with Crippen molar-refractivity contribution in [3.63, 3.8) is 0 Å². The van der Waals surface area contributed by atoms with Crippen LogP contribution in [0.4, 0.5) is 11.6 Å². The molecule has 4 heterocycles. The maximum absolute atomic E-state index is 7.85. The minimum atomic E-state index is -0.258. The maximum Gasteiger partial charge on any atom is 0.154 e. The summed E-state index contributed by atoms with van der Waals surface area (Å²) in [7, 11) is 0. The van der Waals surface area contributed by atoms with Crippen LogP contribution in [-0.4, -0.2) is 44.1 Å². The van der Waals surface area contributed by atoms with Crippen LogP contribution in [0, 0.1) is 5.41 Å². The number of nitrogens with zero attached hydrogens (tertiary/aromatic N) is 6. The van der Waals surface area contributed by atoms with Crippen molar-refractivity contribution in [1.82, 2.24) is 25.1 Å². The topological polar surface area (TPSA) is 113 Å². The molecular weight excluding hydrogens is 412 g/mol. The van der Waals surface area contributed by atoms with E-state index in [9.17, 15) is 0 Å². The number of aliphatic imine (C=N–C) groups is 1. The molecule has 2 N–H and O–H groups in total. The lowest BCUT2D eigenvalue weighted by molar-refractivity contribution is 0.843. The van der Waals surface area contributed by atoms with Crippen LogP contribution in [0.25, 0.3) is 11.0 Å². The van der Waals surface area contributed by atoms with Crippen molar-refractivity contribution in [3.8, 4) is 0 Å². The van der Waals surface area contributed by atoms with E-state index in [0.29, 0.717) is 24.1 Å². The third-order valence-electron chi connectivity index (χ3n) is 5.27. The van der Waals surface area contributed by atoms with Gasteiger partial charge in [0.2, 0.25) is 0 Å². The van der Waals surface area contributed by atoms with Crippen LogP contribution in [-0.2, 0) is 6.42 Å². The molecule has 0 fully saturated rings. The lowest BCUT2D eigenvalue weighted by Crippen LogP contribution is -2.04. The summed E-state index contributed by atoms with van der Waals surface area (Å²) in [4.78, 5) is 17.8. The molecule has 0 aliphatic heterocycles. The highest BCUT2D eigenvalue weighted by Crippen LogP contribution is 2.21. The Kier molecular flexibility index (Phi) is 7.04. The predicted octanol–water partition coefficient (Wildman–Crippen LogP) is 4.73. The molecule has 0 radical (unpaired) electrons. The van der Waals surface area contributed by atoms with Gasteiger partial charge in [-0.15, -0.1) is 5.10 Å². The molecule has 166 valence electrons. The molecule has 0 amide bonds. The second kappa shape index (κ2) is 10.5. The summed E-state index contributed by atoms with van der Waals surface area (Å²) in [5, 5.41) is 19.3. The molecule has 0 aromatic carbocycles. The van der Waals surface area contributed by atoms with Crippen LogP contribution in [0.15, 0.2) is 66.2 Å². The van der Waals surface area contributed by atoms with Crippen LogP contribution in [0.1, 0.15) is 42.4 Å². The molecule has 0 bridgehead atoms. The van der Waals surface area contributed by atoms with Gasteiger partial charge in [0, 0.05) is 37.6 Å². The first kappa shape index (κ1) is 22.1. The van der Waals surface area contributed by atoms with Gasteiger partial charge in [0.25, 0.3) is 0 Å². The molecule has 1 unspecified atom stereocenters. The summed E-state index contributed by atoms with van der Waals surface area (Å²) >= 11 is 0. The van der Waals surface area contributed by atoms with Gasteiger partial charge in [0.1, 0.15) is 5.82 Å². The molecular formula is C25H26N8. The monoisotopic (exact) mass is 438 g/mol. The molecule has 4 aromatic rings. The highest BCUT2D eigenvalue weighted by Gasteiger charge is 2.10. The molecule has 0 saturated carbocycles. The normalized spacial score (nSPS) is 12.3. The predicted molar refractivity (Wildman–Crippen MR) is 132 cm³/mol. The first-order chi connectivity index (χ1) is 16.1. The van der Waals surface area contributed by atoms with E-state index in [2.05, 4.69) is 44.3 Å². The fraction of sp³-hybridized carbons (Fsp3) is 0.240. The molecule has 4 aromatic heterocycles. The number of aromatic nitrogens is 5. The smallest absolute Gasteiger partial charge is 0.154 e. The van der Waals surface area contributed by atoms with Gasteiger partial charge in [-0.25, -0.2) is 4.98 Å². The quantitative estimate of drug-likeness (QED) is 0.365. The molecule has 1 atom stereocenters. The number of anilines is 2. The zero-order valence-electron chi connectivity index (χ0n) is 18.7. The zero-order chi connectivity index (χ0) is 23.0. The van der Waals surface area contributed by atoms with Gasteiger partial charge in [-0.05, 0) is 65.4 Å². The fourth-order valence-corrected chi connectivity index (χ4v) is 3.32. The molecule has 0 aliphatic carbocycles. The number of nitrogens with one attached hydrogen (secondary N) is 2. The van der Waals surface area contributed by atoms with E-state index in [1.165, 1.54) is 11.8 Å². The summed E-state index contributed by atoms with van der Waals surface area (Å²) in [6.45, 7) is 4.88. The van der Waals surface area contributed by atoms with E-state index in [1.54, 1.807) is 31.0 Å². The van der Waals surface area contributed by atoms with Crippen molar-refractivity contribution in [2.45, 2.75) is 32.1 Å². The third-order valence-corrected chi connectivity index (χ3v) is 5.27. The summed E-state index contributed by atoms with van der Waals surface area (Å²) in [5.41, 5.74) is 4.69. The summed E-state index contributed by atoms with van der Waals surface area (Å²) in [6.07, 6.45) is 11.1. The lowest BCUT2D eigenvalue weighted by atomic mass is 10.0. The second-order valence-electron chi connectivity index (χ2n) is 8.01. The average Bonchev–Trinajstić information content (AvgIpc) is 2.84. The van der Waals surface area contributed by atoms with E-state index in [0.717, 1.165) is 28.6 Å². The van der Waals surface area contributed by atoms with Gasteiger partial charge in [0.15, 0.2) is 5.82 Å². The summed E-state index contributed by atoms with van der Waals surface area (Å²) in [6, 6.07) is 11.7. The fourth-order valence-electron chi connectivity index (χ4n) is 3.32. The highest BCUT2D eigenvalue weighted by atomic mass is 15.2. The maximum atomic E-state index is 7.85. The minimum absolute atomic E-state index is 0.258. The Labute approximate surface area is 192 Å². The van der Waals surface area contributed by atoms with Crippen molar-refractivity contribution < 1.29 is 0 Å². The molecule has 8 heteroatoms. The minimum Gasteiger partial charge on any atom is -0.323 e. The Morgan fingerprint density at radius 1 is 1.00 bits per heavy atom. The zero-order valence-corrected chi connectivity index (χ0v) is 18.7. The number of hydrogen-bond acceptors (Lipinski definition) is 8. The Balaban J connectivity index is 1.49. The molecule has 8 nitrogen and oxygen atoms in total. The third kappa shape index (κ3) is 5.79. The van der Waals surface area contributed by atoms with Gasteiger partial charge in [0.05, 0.1) is 23.1 Å². The Hall–Kier alpha value is -4.07. The van der Waals surface area contributed by atoms with Crippen LogP contribution < -0.4 is 5.32 Å². The van der Waals surface area contributed by atoms with E-state index in [1.807, 2.05) is 36.4 Å². The molecule has 4 rings (SSSR count). The van der Waals surface area contributed by atoms with E-state index < -0.39 is 0 Å². The van der Waals surface area contributed by atoms with E-state index in [-0.39, 0.29) is 5.92 Å². The number of hydrogen-bond donors (Lipinski definition) is 2. The van der Waals surface area contributed by atoms with Crippen LogP contribution in [0.3, 0.4) is 0 Å².